The Labute approximate surface area is 407 Å². The molecule has 0 aliphatic rings. The minimum Gasteiger partial charge on any atom is -0.462 e. The lowest BCUT2D eigenvalue weighted by molar-refractivity contribution is -0.166. The molecule has 0 bridgehead atoms. The first-order valence-corrected chi connectivity index (χ1v) is 27.6. The SMILES string of the molecule is CC/C=C\C/C=C\C/C=C\C/C=C\C/C=C\C/C=C\CCC(=O)OCC(COC(=O)CCCCCCCCCCCC)OC(=O)CCCCCCCCCCC/C=C\CCCCCCCC. The van der Waals surface area contributed by atoms with Gasteiger partial charge in [0.15, 0.2) is 6.10 Å². The summed E-state index contributed by atoms with van der Waals surface area (Å²) in [5.74, 6) is -0.987. The molecule has 6 heteroatoms. The highest BCUT2D eigenvalue weighted by Crippen LogP contribution is 2.15. The summed E-state index contributed by atoms with van der Waals surface area (Å²) >= 11 is 0. The van der Waals surface area contributed by atoms with Crippen LogP contribution in [0.25, 0.3) is 0 Å². The lowest BCUT2D eigenvalue weighted by atomic mass is 10.1. The molecule has 0 aromatic rings. The third-order valence-electron chi connectivity index (χ3n) is 11.6. The first kappa shape index (κ1) is 62.6. The van der Waals surface area contributed by atoms with Crippen LogP contribution in [0.4, 0.5) is 0 Å². The summed E-state index contributed by atoms with van der Waals surface area (Å²) in [6, 6.07) is 0. The van der Waals surface area contributed by atoms with Crippen LogP contribution in [0, 0.1) is 0 Å². The molecular formula is C60H102O6. The van der Waals surface area contributed by atoms with Gasteiger partial charge in [-0.25, -0.2) is 0 Å². The Kier molecular flexibility index (Phi) is 51.4. The Morgan fingerprint density at radius 2 is 0.621 bits per heavy atom. The van der Waals surface area contributed by atoms with E-state index in [0.717, 1.165) is 77.0 Å². The number of unbranched alkanes of at least 4 members (excludes halogenated alkanes) is 24. The zero-order valence-electron chi connectivity index (χ0n) is 43.2. The molecule has 0 heterocycles. The van der Waals surface area contributed by atoms with Gasteiger partial charge in [-0.15, -0.1) is 0 Å². The standard InChI is InChI=1S/C60H102O6/c1-4-7-10-13-16-19-22-24-26-28-30-32-34-36-38-41-44-47-50-53-59(62)65-56-57(55-64-58(61)52-49-46-43-40-21-18-15-12-9-6-3)66-60(63)54-51-48-45-42-39-37-35-33-31-29-27-25-23-20-17-14-11-8-5-2/h7,10,16,19,24-27,30,32,36,38,44,47,57H,4-6,8-9,11-15,17-18,20-23,28-29,31,33-35,37,39-43,45-46,48-56H2,1-3H3/b10-7-,19-16-,26-24-,27-25-,32-30-,38-36-,47-44-. The number of carbonyl (C=O) groups excluding carboxylic acids is 3. The molecule has 0 rings (SSSR count). The molecule has 378 valence electrons. The quantitative estimate of drug-likeness (QED) is 0.0262. The first-order valence-electron chi connectivity index (χ1n) is 27.6. The molecule has 0 saturated carbocycles. The second kappa shape index (κ2) is 54.2. The van der Waals surface area contributed by atoms with E-state index in [1.165, 1.54) is 135 Å². The van der Waals surface area contributed by atoms with E-state index in [1.54, 1.807) is 0 Å². The van der Waals surface area contributed by atoms with Crippen LogP contribution in [0.15, 0.2) is 85.1 Å². The maximum Gasteiger partial charge on any atom is 0.306 e. The fraction of sp³-hybridized carbons (Fsp3) is 0.717. The van der Waals surface area contributed by atoms with Gasteiger partial charge < -0.3 is 14.2 Å². The summed E-state index contributed by atoms with van der Waals surface area (Å²) in [5.41, 5.74) is 0. The van der Waals surface area contributed by atoms with Crippen LogP contribution >= 0.6 is 0 Å². The zero-order valence-corrected chi connectivity index (χ0v) is 43.2. The van der Waals surface area contributed by atoms with E-state index >= 15 is 0 Å². The van der Waals surface area contributed by atoms with Crippen molar-refractivity contribution < 1.29 is 28.6 Å². The van der Waals surface area contributed by atoms with E-state index < -0.39 is 6.10 Å². The van der Waals surface area contributed by atoms with Gasteiger partial charge in [-0.05, 0) is 83.5 Å². The summed E-state index contributed by atoms with van der Waals surface area (Å²) in [5, 5.41) is 0. The number of carbonyl (C=O) groups is 3. The van der Waals surface area contributed by atoms with Crippen molar-refractivity contribution >= 4 is 17.9 Å². The van der Waals surface area contributed by atoms with Crippen molar-refractivity contribution in [1.29, 1.82) is 0 Å². The molecule has 0 fully saturated rings. The van der Waals surface area contributed by atoms with Crippen molar-refractivity contribution in [3.05, 3.63) is 85.1 Å². The molecule has 0 aromatic heterocycles. The minimum atomic E-state index is -0.806. The average molecular weight is 919 g/mol. The highest BCUT2D eigenvalue weighted by atomic mass is 16.6. The van der Waals surface area contributed by atoms with Crippen LogP contribution in [0.1, 0.15) is 258 Å². The van der Waals surface area contributed by atoms with Crippen molar-refractivity contribution in [2.45, 2.75) is 264 Å². The van der Waals surface area contributed by atoms with Crippen LogP contribution in [-0.2, 0) is 28.6 Å². The minimum absolute atomic E-state index is 0.0990. The van der Waals surface area contributed by atoms with Gasteiger partial charge in [0.2, 0.25) is 0 Å². The highest BCUT2D eigenvalue weighted by Gasteiger charge is 2.19. The molecule has 0 aromatic carbocycles. The van der Waals surface area contributed by atoms with Crippen molar-refractivity contribution in [1.82, 2.24) is 0 Å². The Balaban J connectivity index is 4.43. The van der Waals surface area contributed by atoms with Crippen molar-refractivity contribution in [2.24, 2.45) is 0 Å². The molecule has 1 unspecified atom stereocenters. The Hall–Kier alpha value is -3.41. The van der Waals surface area contributed by atoms with Gasteiger partial charge in [0, 0.05) is 19.3 Å². The fourth-order valence-corrected chi connectivity index (χ4v) is 7.52. The monoisotopic (exact) mass is 919 g/mol. The van der Waals surface area contributed by atoms with Crippen molar-refractivity contribution in [3.8, 4) is 0 Å². The topological polar surface area (TPSA) is 78.9 Å². The lowest BCUT2D eigenvalue weighted by Crippen LogP contribution is -2.30. The molecule has 0 aliphatic carbocycles. The number of rotatable bonds is 49. The van der Waals surface area contributed by atoms with Crippen LogP contribution in [0.2, 0.25) is 0 Å². The van der Waals surface area contributed by atoms with E-state index in [-0.39, 0.29) is 37.5 Å². The number of hydrogen-bond donors (Lipinski definition) is 0. The predicted molar refractivity (Wildman–Crippen MR) is 284 cm³/mol. The average Bonchev–Trinajstić information content (AvgIpc) is 3.31. The smallest absolute Gasteiger partial charge is 0.306 e. The highest BCUT2D eigenvalue weighted by molar-refractivity contribution is 5.71. The van der Waals surface area contributed by atoms with Gasteiger partial charge in [-0.1, -0.05) is 241 Å². The largest absolute Gasteiger partial charge is 0.462 e. The Morgan fingerprint density at radius 3 is 1.02 bits per heavy atom. The molecular weight excluding hydrogens is 817 g/mol. The van der Waals surface area contributed by atoms with Crippen LogP contribution in [-0.4, -0.2) is 37.2 Å². The Bertz CT molecular complexity index is 1290. The van der Waals surface area contributed by atoms with E-state index in [2.05, 4.69) is 99.8 Å². The maximum atomic E-state index is 12.8. The van der Waals surface area contributed by atoms with E-state index in [9.17, 15) is 14.4 Å². The van der Waals surface area contributed by atoms with Crippen LogP contribution < -0.4 is 0 Å². The first-order chi connectivity index (χ1) is 32.5. The number of allylic oxidation sites excluding steroid dienone is 14. The molecule has 0 radical (unpaired) electrons. The van der Waals surface area contributed by atoms with Crippen LogP contribution in [0.3, 0.4) is 0 Å². The molecule has 0 aliphatic heterocycles. The lowest BCUT2D eigenvalue weighted by Gasteiger charge is -2.18. The molecule has 1 atom stereocenters. The molecule has 0 spiro atoms. The molecule has 0 amide bonds. The zero-order chi connectivity index (χ0) is 47.9. The summed E-state index contributed by atoms with van der Waals surface area (Å²) < 4.78 is 16.7. The van der Waals surface area contributed by atoms with E-state index in [4.69, 9.17) is 14.2 Å². The summed E-state index contributed by atoms with van der Waals surface area (Å²) in [7, 11) is 0. The van der Waals surface area contributed by atoms with Gasteiger partial charge in [0.1, 0.15) is 13.2 Å². The summed E-state index contributed by atoms with van der Waals surface area (Å²) in [6.45, 7) is 6.45. The summed E-state index contributed by atoms with van der Waals surface area (Å²) in [4.78, 5) is 38.0. The van der Waals surface area contributed by atoms with E-state index in [1.807, 2.05) is 6.08 Å². The second-order valence-electron chi connectivity index (χ2n) is 18.1. The predicted octanol–water partition coefficient (Wildman–Crippen LogP) is 18.4. The molecule has 6 nitrogen and oxygen atoms in total. The van der Waals surface area contributed by atoms with Gasteiger partial charge in [-0.2, -0.15) is 0 Å². The fourth-order valence-electron chi connectivity index (χ4n) is 7.52. The van der Waals surface area contributed by atoms with Gasteiger partial charge in [-0.3, -0.25) is 14.4 Å². The molecule has 66 heavy (non-hydrogen) atoms. The number of ether oxygens (including phenoxy) is 3. The molecule has 0 saturated heterocycles. The van der Waals surface area contributed by atoms with Gasteiger partial charge in [0.05, 0.1) is 0 Å². The maximum absolute atomic E-state index is 12.8. The van der Waals surface area contributed by atoms with Gasteiger partial charge in [0.25, 0.3) is 0 Å². The summed E-state index contributed by atoms with van der Waals surface area (Å²) in [6.07, 6.45) is 70.1. The van der Waals surface area contributed by atoms with Crippen LogP contribution in [0.5, 0.6) is 0 Å². The third kappa shape index (κ3) is 51.6. The van der Waals surface area contributed by atoms with Crippen molar-refractivity contribution in [3.63, 3.8) is 0 Å². The number of esters is 3. The Morgan fingerprint density at radius 1 is 0.318 bits per heavy atom. The van der Waals surface area contributed by atoms with Gasteiger partial charge >= 0.3 is 17.9 Å². The normalized spacial score (nSPS) is 12.7. The second-order valence-corrected chi connectivity index (χ2v) is 18.1. The third-order valence-corrected chi connectivity index (χ3v) is 11.6. The van der Waals surface area contributed by atoms with E-state index in [0.29, 0.717) is 19.3 Å². The number of hydrogen-bond acceptors (Lipinski definition) is 6. The van der Waals surface area contributed by atoms with Crippen molar-refractivity contribution in [2.75, 3.05) is 13.2 Å². The molecule has 0 N–H and O–H groups in total.